The number of rotatable bonds is 8. The van der Waals surface area contributed by atoms with Gasteiger partial charge in [0, 0.05) is 62.2 Å². The molecule has 202 valence electrons. The molecule has 2 aromatic carbocycles. The van der Waals surface area contributed by atoms with E-state index in [1.54, 1.807) is 22.8 Å². The van der Waals surface area contributed by atoms with Crippen molar-refractivity contribution in [2.45, 2.75) is 23.6 Å². The minimum atomic E-state index is -1.34. The van der Waals surface area contributed by atoms with Crippen LogP contribution < -0.4 is 15.2 Å². The Bertz CT molecular complexity index is 1630. The molecule has 1 N–H and O–H groups in total. The number of anilines is 2. The Hall–Kier alpha value is -4.04. The summed E-state index contributed by atoms with van der Waals surface area (Å²) >= 11 is 2.89. The van der Waals surface area contributed by atoms with Crippen molar-refractivity contribution in [2.24, 2.45) is 0 Å². The molecule has 1 aliphatic rings. The smallest absolute Gasteiger partial charge is 0.341 e. The van der Waals surface area contributed by atoms with E-state index in [-0.39, 0.29) is 16.6 Å². The van der Waals surface area contributed by atoms with Gasteiger partial charge in [0.2, 0.25) is 10.6 Å². The average Bonchev–Trinajstić information content (AvgIpc) is 3.41. The summed E-state index contributed by atoms with van der Waals surface area (Å²) in [7, 11) is 0. The first kappa shape index (κ1) is 26.6. The van der Waals surface area contributed by atoms with Crippen LogP contribution in [0.3, 0.4) is 0 Å². The number of fused-ring (bicyclic) bond motifs is 1. The van der Waals surface area contributed by atoms with Crippen molar-refractivity contribution < 1.29 is 19.2 Å². The van der Waals surface area contributed by atoms with Gasteiger partial charge in [0.15, 0.2) is 4.34 Å². The highest BCUT2D eigenvalue weighted by Gasteiger charge is 2.24. The van der Waals surface area contributed by atoms with Crippen LogP contribution in [-0.4, -0.2) is 56.9 Å². The van der Waals surface area contributed by atoms with Gasteiger partial charge in [-0.25, -0.2) is 9.18 Å². The first-order valence-electron chi connectivity index (χ1n) is 12.0. The molecular weight excluding hydrogens is 547 g/mol. The summed E-state index contributed by atoms with van der Waals surface area (Å²) in [6, 6.07) is 9.24. The van der Waals surface area contributed by atoms with Crippen molar-refractivity contribution in [3.05, 3.63) is 79.9 Å². The zero-order chi connectivity index (χ0) is 27.7. The number of aryl methyl sites for hydroxylation is 1. The summed E-state index contributed by atoms with van der Waals surface area (Å²) in [6.07, 6.45) is 1.30. The van der Waals surface area contributed by atoms with E-state index < -0.39 is 22.1 Å². The summed E-state index contributed by atoms with van der Waals surface area (Å²) in [5, 5.41) is 29.7. The number of aromatic nitrogens is 3. The topological polar surface area (TPSA) is 135 Å². The second-order valence-corrected chi connectivity index (χ2v) is 11.0. The monoisotopic (exact) mass is 570 g/mol. The molecule has 4 aromatic rings. The number of pyridine rings is 1. The number of non-ortho nitro benzene ring substituents is 1. The van der Waals surface area contributed by atoms with Crippen LogP contribution in [0, 0.1) is 15.9 Å². The number of nitro benzene ring substituents is 1. The number of hydrogen-bond donors (Lipinski definition) is 1. The van der Waals surface area contributed by atoms with Crippen LogP contribution >= 0.6 is 23.1 Å². The minimum absolute atomic E-state index is 0.0423. The zero-order valence-corrected chi connectivity index (χ0v) is 22.4. The van der Waals surface area contributed by atoms with Crippen molar-refractivity contribution in [3.8, 4) is 0 Å². The Morgan fingerprint density at radius 2 is 1.92 bits per heavy atom. The number of thioether (sulfide) groups is 1. The van der Waals surface area contributed by atoms with Crippen LogP contribution in [0.15, 0.2) is 51.7 Å². The molecule has 3 heterocycles. The molecule has 0 bridgehead atoms. The molecule has 1 saturated heterocycles. The SMILES string of the molecule is CCn1cc(C(=O)O)c(=O)c2cc(F)c(N3CCN(c4nnc(SCc5cccc([N+](=O)[O-])c5)s4)CC3)cc21. The standard InChI is InChI=1S/C25H23FN6O5S2/c1-2-29-13-18(23(34)35)22(33)17-11-19(26)21(12-20(17)29)30-6-8-31(9-7-30)24-27-28-25(39-24)38-14-15-4-3-5-16(10-15)32(36)37/h3-5,10-13H,2,6-9,14H2,1H3,(H,34,35). The average molecular weight is 571 g/mol. The highest BCUT2D eigenvalue weighted by molar-refractivity contribution is 8.00. The van der Waals surface area contributed by atoms with Gasteiger partial charge in [-0.05, 0) is 24.6 Å². The summed E-state index contributed by atoms with van der Waals surface area (Å²) in [5.74, 6) is -1.39. The molecule has 0 atom stereocenters. The lowest BCUT2D eigenvalue weighted by Crippen LogP contribution is -2.46. The van der Waals surface area contributed by atoms with Gasteiger partial charge in [-0.1, -0.05) is 35.2 Å². The van der Waals surface area contributed by atoms with Gasteiger partial charge in [0.1, 0.15) is 11.4 Å². The molecule has 2 aromatic heterocycles. The summed E-state index contributed by atoms with van der Waals surface area (Å²) in [5.41, 5.74) is 0.635. The largest absolute Gasteiger partial charge is 0.477 e. The molecule has 0 unspecified atom stereocenters. The quantitative estimate of drug-likeness (QED) is 0.186. The third-order valence-electron chi connectivity index (χ3n) is 6.49. The van der Waals surface area contributed by atoms with Gasteiger partial charge < -0.3 is 19.5 Å². The normalized spacial score (nSPS) is 13.7. The van der Waals surface area contributed by atoms with E-state index in [0.717, 1.165) is 21.1 Å². The zero-order valence-electron chi connectivity index (χ0n) is 20.7. The number of carbonyl (C=O) groups is 1. The molecule has 0 radical (unpaired) electrons. The van der Waals surface area contributed by atoms with Crippen molar-refractivity contribution in [2.75, 3.05) is 36.0 Å². The fourth-order valence-corrected chi connectivity index (χ4v) is 6.32. The maximum Gasteiger partial charge on any atom is 0.341 e. The van der Waals surface area contributed by atoms with Crippen molar-refractivity contribution in [1.29, 1.82) is 0 Å². The fraction of sp³-hybridized carbons (Fsp3) is 0.280. The lowest BCUT2D eigenvalue weighted by molar-refractivity contribution is -0.384. The number of aromatic carboxylic acids is 1. The molecule has 0 spiro atoms. The van der Waals surface area contributed by atoms with Gasteiger partial charge in [-0.3, -0.25) is 14.9 Å². The molecule has 1 fully saturated rings. The lowest BCUT2D eigenvalue weighted by Gasteiger charge is -2.36. The molecule has 11 nitrogen and oxygen atoms in total. The van der Waals surface area contributed by atoms with E-state index in [1.807, 2.05) is 17.9 Å². The fourth-order valence-electron chi connectivity index (χ4n) is 4.49. The van der Waals surface area contributed by atoms with Crippen molar-refractivity contribution in [1.82, 2.24) is 14.8 Å². The van der Waals surface area contributed by atoms with E-state index in [9.17, 15) is 24.8 Å². The molecule has 39 heavy (non-hydrogen) atoms. The van der Waals surface area contributed by atoms with Crippen LogP contribution in [0.4, 0.5) is 20.9 Å². The van der Waals surface area contributed by atoms with Gasteiger partial charge in [-0.15, -0.1) is 10.2 Å². The maximum absolute atomic E-state index is 15.2. The lowest BCUT2D eigenvalue weighted by atomic mass is 10.1. The molecule has 0 saturated carbocycles. The van der Waals surface area contributed by atoms with Crippen LogP contribution in [0.5, 0.6) is 0 Å². The third-order valence-corrected chi connectivity index (χ3v) is 8.68. The number of hydrogen-bond acceptors (Lipinski definition) is 10. The Morgan fingerprint density at radius 1 is 1.18 bits per heavy atom. The van der Waals surface area contributed by atoms with Crippen molar-refractivity contribution in [3.63, 3.8) is 0 Å². The molecule has 0 aliphatic carbocycles. The summed E-state index contributed by atoms with van der Waals surface area (Å²) < 4.78 is 17.6. The number of halogens is 1. The first-order chi connectivity index (χ1) is 18.7. The predicted molar refractivity (Wildman–Crippen MR) is 148 cm³/mol. The van der Waals surface area contributed by atoms with E-state index in [0.29, 0.717) is 49.7 Å². The Balaban J connectivity index is 1.27. The van der Waals surface area contributed by atoms with Crippen LogP contribution in [0.2, 0.25) is 0 Å². The number of nitro groups is 1. The second kappa shape index (κ2) is 11.0. The highest BCUT2D eigenvalue weighted by atomic mass is 32.2. The van der Waals surface area contributed by atoms with E-state index in [2.05, 4.69) is 15.1 Å². The molecular formula is C25H23FN6O5S2. The predicted octanol–water partition coefficient (Wildman–Crippen LogP) is 4.24. The van der Waals surface area contributed by atoms with Crippen LogP contribution in [0.1, 0.15) is 22.8 Å². The highest BCUT2D eigenvalue weighted by Crippen LogP contribution is 2.32. The van der Waals surface area contributed by atoms with Crippen molar-refractivity contribution >= 4 is 56.5 Å². The van der Waals surface area contributed by atoms with Gasteiger partial charge >= 0.3 is 5.97 Å². The van der Waals surface area contributed by atoms with E-state index in [1.165, 1.54) is 35.4 Å². The van der Waals surface area contributed by atoms with E-state index in [4.69, 9.17) is 0 Å². The van der Waals surface area contributed by atoms with Gasteiger partial charge in [-0.2, -0.15) is 0 Å². The number of piperazine rings is 1. The Morgan fingerprint density at radius 3 is 2.62 bits per heavy atom. The van der Waals surface area contributed by atoms with Gasteiger partial charge in [0.05, 0.1) is 16.1 Å². The van der Waals surface area contributed by atoms with Crippen LogP contribution in [-0.2, 0) is 12.3 Å². The Kier molecular flexibility index (Phi) is 7.48. The summed E-state index contributed by atoms with van der Waals surface area (Å²) in [4.78, 5) is 38.6. The number of carboxylic acid groups (broad SMARTS) is 1. The number of benzene rings is 2. The number of nitrogens with zero attached hydrogens (tertiary/aromatic N) is 6. The maximum atomic E-state index is 15.2. The second-order valence-electron chi connectivity index (χ2n) is 8.82. The molecule has 0 amide bonds. The summed E-state index contributed by atoms with van der Waals surface area (Å²) in [6.45, 7) is 4.45. The number of carboxylic acids is 1. The minimum Gasteiger partial charge on any atom is -0.477 e. The molecule has 1 aliphatic heterocycles. The molecule has 14 heteroatoms. The third kappa shape index (κ3) is 5.43. The van der Waals surface area contributed by atoms with E-state index >= 15 is 4.39 Å². The Labute approximate surface area is 229 Å². The van der Waals surface area contributed by atoms with Gasteiger partial charge in [0.25, 0.3) is 5.69 Å². The first-order valence-corrected chi connectivity index (χ1v) is 13.8. The molecule has 5 rings (SSSR count). The van der Waals surface area contributed by atoms with Crippen LogP contribution in [0.25, 0.3) is 10.9 Å².